The van der Waals surface area contributed by atoms with Crippen LogP contribution in [0.3, 0.4) is 0 Å². The van der Waals surface area contributed by atoms with Gasteiger partial charge in [-0.15, -0.1) is 0 Å². The van der Waals surface area contributed by atoms with Crippen LogP contribution in [0.1, 0.15) is 18.9 Å². The molecule has 0 aromatic heterocycles. The van der Waals surface area contributed by atoms with Gasteiger partial charge in [0.2, 0.25) is 6.41 Å². The summed E-state index contributed by atoms with van der Waals surface area (Å²) in [5.74, 6) is 0. The molecule has 0 radical (unpaired) electrons. The molecule has 0 heterocycles. The van der Waals surface area contributed by atoms with Gasteiger partial charge in [-0.1, -0.05) is 37.8 Å². The van der Waals surface area contributed by atoms with Crippen LogP contribution in [0.25, 0.3) is 17.2 Å². The number of anilines is 3. The van der Waals surface area contributed by atoms with Gasteiger partial charge in [0.1, 0.15) is 0 Å². The van der Waals surface area contributed by atoms with E-state index in [1.807, 2.05) is 31.3 Å². The number of hydrogen-bond donors (Lipinski definition) is 3. The zero-order valence-corrected chi connectivity index (χ0v) is 13.6. The third-order valence-electron chi connectivity index (χ3n) is 3.68. The molecule has 2 aromatic rings. The molecule has 0 aliphatic carbocycles. The molecular weight excluding hydrogens is 286 g/mol. The Labute approximate surface area is 137 Å². The van der Waals surface area contributed by atoms with Gasteiger partial charge in [-0.25, -0.2) is 0 Å². The van der Waals surface area contributed by atoms with Gasteiger partial charge >= 0.3 is 0 Å². The summed E-state index contributed by atoms with van der Waals surface area (Å²) in [7, 11) is 1.89. The first-order valence-electron chi connectivity index (χ1n) is 7.76. The number of nitrogens with one attached hydrogen (secondary N) is 3. The van der Waals surface area contributed by atoms with E-state index in [1.165, 1.54) is 0 Å². The molecular formula is C19H23N3O. The van der Waals surface area contributed by atoms with Crippen LogP contribution >= 0.6 is 0 Å². The molecule has 120 valence electrons. The molecule has 0 saturated carbocycles. The minimum Gasteiger partial charge on any atom is -0.388 e. The molecule has 4 nitrogen and oxygen atoms in total. The molecule has 4 heteroatoms. The van der Waals surface area contributed by atoms with E-state index >= 15 is 0 Å². The second-order valence-corrected chi connectivity index (χ2v) is 5.17. The smallest absolute Gasteiger partial charge is 0.211 e. The largest absolute Gasteiger partial charge is 0.388 e. The zero-order chi connectivity index (χ0) is 16.7. The van der Waals surface area contributed by atoms with Gasteiger partial charge in [0, 0.05) is 24.8 Å². The van der Waals surface area contributed by atoms with Gasteiger partial charge in [-0.3, -0.25) is 4.79 Å². The highest BCUT2D eigenvalue weighted by atomic mass is 16.1. The van der Waals surface area contributed by atoms with Crippen molar-refractivity contribution in [1.82, 2.24) is 0 Å². The number of benzene rings is 2. The van der Waals surface area contributed by atoms with Gasteiger partial charge in [-0.05, 0) is 35.7 Å². The average molecular weight is 309 g/mol. The van der Waals surface area contributed by atoms with Crippen molar-refractivity contribution in [2.45, 2.75) is 13.3 Å². The van der Waals surface area contributed by atoms with Crippen LogP contribution in [0.2, 0.25) is 0 Å². The van der Waals surface area contributed by atoms with Crippen molar-refractivity contribution in [2.75, 3.05) is 29.5 Å². The zero-order valence-electron chi connectivity index (χ0n) is 13.6. The molecule has 0 unspecified atom stereocenters. The Kier molecular flexibility index (Phi) is 5.80. The van der Waals surface area contributed by atoms with E-state index in [1.54, 1.807) is 0 Å². The van der Waals surface area contributed by atoms with Gasteiger partial charge < -0.3 is 16.0 Å². The number of carbonyl (C=O) groups is 1. The third-order valence-corrected chi connectivity index (χ3v) is 3.68. The number of hydrogen-bond acceptors (Lipinski definition) is 3. The fourth-order valence-electron chi connectivity index (χ4n) is 2.54. The lowest BCUT2D eigenvalue weighted by Gasteiger charge is -2.17. The lowest BCUT2D eigenvalue weighted by atomic mass is 9.99. The summed E-state index contributed by atoms with van der Waals surface area (Å²) < 4.78 is 0. The monoisotopic (exact) mass is 309 g/mol. The topological polar surface area (TPSA) is 53.2 Å². The van der Waals surface area contributed by atoms with Crippen molar-refractivity contribution >= 4 is 29.5 Å². The summed E-state index contributed by atoms with van der Waals surface area (Å²) in [6.45, 7) is 6.83. The van der Waals surface area contributed by atoms with Crippen LogP contribution in [0.15, 0.2) is 43.0 Å². The predicted octanol–water partition coefficient (Wildman–Crippen LogP) is 4.43. The lowest BCUT2D eigenvalue weighted by Crippen LogP contribution is -2.06. The minimum atomic E-state index is 0.704. The summed E-state index contributed by atoms with van der Waals surface area (Å²) in [6.07, 6.45) is 3.54. The van der Waals surface area contributed by atoms with Crippen molar-refractivity contribution in [3.8, 4) is 11.1 Å². The normalized spacial score (nSPS) is 10.0. The number of para-hydroxylation sites is 1. The SMILES string of the molecule is C=Cc1cc(-c2cccc(NC=O)c2NCCC)ccc1NC. The molecule has 0 atom stereocenters. The molecule has 1 amide bonds. The molecule has 0 aliphatic rings. The summed E-state index contributed by atoms with van der Waals surface area (Å²) in [5, 5.41) is 9.35. The number of amides is 1. The van der Waals surface area contributed by atoms with Crippen molar-refractivity contribution in [1.29, 1.82) is 0 Å². The molecule has 0 aliphatic heterocycles. The molecule has 2 aromatic carbocycles. The maximum absolute atomic E-state index is 10.9. The van der Waals surface area contributed by atoms with E-state index < -0.39 is 0 Å². The van der Waals surface area contributed by atoms with Crippen LogP contribution in [0, 0.1) is 0 Å². The van der Waals surface area contributed by atoms with E-state index in [9.17, 15) is 4.79 Å². The fraction of sp³-hybridized carbons (Fsp3) is 0.211. The van der Waals surface area contributed by atoms with Gasteiger partial charge in [0.15, 0.2) is 0 Å². The summed E-state index contributed by atoms with van der Waals surface area (Å²) in [4.78, 5) is 10.9. The van der Waals surface area contributed by atoms with Crippen LogP contribution in [-0.4, -0.2) is 20.0 Å². The first-order valence-corrected chi connectivity index (χ1v) is 7.76. The summed E-state index contributed by atoms with van der Waals surface area (Å²) >= 11 is 0. The fourth-order valence-corrected chi connectivity index (χ4v) is 2.54. The van der Waals surface area contributed by atoms with E-state index in [-0.39, 0.29) is 0 Å². The van der Waals surface area contributed by atoms with Gasteiger partial charge in [-0.2, -0.15) is 0 Å². The Morgan fingerprint density at radius 3 is 2.65 bits per heavy atom. The molecule has 23 heavy (non-hydrogen) atoms. The third kappa shape index (κ3) is 3.72. The van der Waals surface area contributed by atoms with Crippen LogP contribution < -0.4 is 16.0 Å². The first kappa shape index (κ1) is 16.6. The Bertz CT molecular complexity index is 695. The Balaban J connectivity index is 2.55. The highest BCUT2D eigenvalue weighted by molar-refractivity contribution is 5.92. The Morgan fingerprint density at radius 2 is 2.00 bits per heavy atom. The van der Waals surface area contributed by atoms with E-state index in [0.29, 0.717) is 6.41 Å². The van der Waals surface area contributed by atoms with Gasteiger partial charge in [0.25, 0.3) is 0 Å². The van der Waals surface area contributed by atoms with Crippen molar-refractivity contribution in [2.24, 2.45) is 0 Å². The molecule has 0 spiro atoms. The first-order chi connectivity index (χ1) is 11.2. The van der Waals surface area contributed by atoms with Crippen molar-refractivity contribution < 1.29 is 4.79 Å². The lowest BCUT2D eigenvalue weighted by molar-refractivity contribution is -0.105. The average Bonchev–Trinajstić information content (AvgIpc) is 2.60. The predicted molar refractivity (Wildman–Crippen MR) is 100.0 cm³/mol. The molecule has 0 saturated heterocycles. The van der Waals surface area contributed by atoms with E-state index in [2.05, 4.69) is 47.7 Å². The standard InChI is InChI=1S/C19H23N3O/c1-4-11-21-19-16(7-6-8-18(19)22-13-23)15-9-10-17(20-3)14(5-2)12-15/h5-10,12-13,20-21H,2,4,11H2,1,3H3,(H,22,23). The molecule has 0 bridgehead atoms. The Hall–Kier alpha value is -2.75. The second kappa shape index (κ2) is 8.03. The van der Waals surface area contributed by atoms with Crippen molar-refractivity contribution in [3.63, 3.8) is 0 Å². The van der Waals surface area contributed by atoms with Crippen molar-refractivity contribution in [3.05, 3.63) is 48.5 Å². The van der Waals surface area contributed by atoms with Crippen LogP contribution in [-0.2, 0) is 4.79 Å². The maximum atomic E-state index is 10.9. The van der Waals surface area contributed by atoms with Crippen LogP contribution in [0.5, 0.6) is 0 Å². The molecule has 3 N–H and O–H groups in total. The molecule has 2 rings (SSSR count). The highest BCUT2D eigenvalue weighted by Crippen LogP contribution is 2.36. The Morgan fingerprint density at radius 1 is 1.17 bits per heavy atom. The summed E-state index contributed by atoms with van der Waals surface area (Å²) in [5.41, 5.74) is 5.93. The van der Waals surface area contributed by atoms with E-state index in [4.69, 9.17) is 0 Å². The van der Waals surface area contributed by atoms with Crippen LogP contribution in [0.4, 0.5) is 17.1 Å². The number of carbonyl (C=O) groups excluding carboxylic acids is 1. The minimum absolute atomic E-state index is 0.704. The highest BCUT2D eigenvalue weighted by Gasteiger charge is 2.11. The van der Waals surface area contributed by atoms with Gasteiger partial charge in [0.05, 0.1) is 11.4 Å². The second-order valence-electron chi connectivity index (χ2n) is 5.17. The van der Waals surface area contributed by atoms with E-state index in [0.717, 1.165) is 46.7 Å². The maximum Gasteiger partial charge on any atom is 0.211 e. The molecule has 0 fully saturated rings. The summed E-state index contributed by atoms with van der Waals surface area (Å²) in [6, 6.07) is 12.1. The number of rotatable bonds is 8. The quantitative estimate of drug-likeness (QED) is 0.632.